The van der Waals surface area contributed by atoms with Crippen molar-refractivity contribution in [3.05, 3.63) is 23.9 Å². The number of rotatable bonds is 2. The van der Waals surface area contributed by atoms with E-state index in [0.29, 0.717) is 11.5 Å². The van der Waals surface area contributed by atoms with Crippen LogP contribution < -0.4 is 5.32 Å². The molecule has 0 fully saturated rings. The Labute approximate surface area is 106 Å². The molecule has 1 aliphatic heterocycles. The number of hydrogen-bond donors (Lipinski definition) is 1. The number of amides is 1. The third kappa shape index (κ3) is 2.08. The van der Waals surface area contributed by atoms with E-state index in [1.165, 1.54) is 0 Å². The van der Waals surface area contributed by atoms with E-state index in [0.717, 1.165) is 5.56 Å². The summed E-state index contributed by atoms with van der Waals surface area (Å²) in [5.41, 5.74) is 0.691. The zero-order chi connectivity index (χ0) is 13.3. The predicted molar refractivity (Wildman–Crippen MR) is 69.4 cm³/mol. The molecule has 1 aromatic heterocycles. The average Bonchev–Trinajstić information content (AvgIpc) is 2.29. The molecular weight excluding hydrogens is 230 g/mol. The van der Waals surface area contributed by atoms with Crippen molar-refractivity contribution in [1.29, 1.82) is 0 Å². The fraction of sp³-hybridized carbons (Fsp3) is 0.462. The Bertz CT molecular complexity index is 507. The van der Waals surface area contributed by atoms with Gasteiger partial charge in [-0.25, -0.2) is 4.98 Å². The molecule has 1 amide bonds. The van der Waals surface area contributed by atoms with Gasteiger partial charge in [0.05, 0.1) is 5.41 Å². The van der Waals surface area contributed by atoms with Gasteiger partial charge in [0.15, 0.2) is 0 Å². The molecule has 5 nitrogen and oxygen atoms in total. The van der Waals surface area contributed by atoms with Gasteiger partial charge in [-0.1, -0.05) is 5.16 Å². The molecule has 0 aromatic carbocycles. The monoisotopic (exact) mass is 247 g/mol. The largest absolute Gasteiger partial charge is 0.393 e. The fourth-order valence-corrected chi connectivity index (χ4v) is 1.73. The van der Waals surface area contributed by atoms with E-state index in [1.54, 1.807) is 6.20 Å². The average molecular weight is 247 g/mol. The molecule has 0 unspecified atom stereocenters. The molecule has 2 rings (SSSR count). The molecule has 0 aliphatic carbocycles. The molecule has 18 heavy (non-hydrogen) atoms. The van der Waals surface area contributed by atoms with Crippen LogP contribution in [0.25, 0.3) is 0 Å². The van der Waals surface area contributed by atoms with Crippen molar-refractivity contribution in [2.45, 2.75) is 33.8 Å². The van der Waals surface area contributed by atoms with Crippen LogP contribution in [0.1, 0.15) is 33.3 Å². The number of nitrogens with one attached hydrogen (secondary N) is 1. The number of nitrogens with zero attached hydrogens (tertiary/aromatic N) is 2. The van der Waals surface area contributed by atoms with E-state index in [1.807, 2.05) is 39.8 Å². The predicted octanol–water partition coefficient (Wildman–Crippen LogP) is 2.19. The van der Waals surface area contributed by atoms with Gasteiger partial charge in [0.1, 0.15) is 17.6 Å². The second kappa shape index (κ2) is 4.40. The topological polar surface area (TPSA) is 63.6 Å². The van der Waals surface area contributed by atoms with Gasteiger partial charge in [0.25, 0.3) is 0 Å². The Hall–Kier alpha value is -1.91. The minimum Gasteiger partial charge on any atom is -0.393 e. The van der Waals surface area contributed by atoms with Crippen molar-refractivity contribution >= 4 is 17.4 Å². The van der Waals surface area contributed by atoms with Crippen molar-refractivity contribution < 1.29 is 9.63 Å². The lowest BCUT2D eigenvalue weighted by Gasteiger charge is -2.30. The highest BCUT2D eigenvalue weighted by Crippen LogP contribution is 2.32. The van der Waals surface area contributed by atoms with Crippen LogP contribution in [0.3, 0.4) is 0 Å². The third-order valence-corrected chi connectivity index (χ3v) is 2.81. The van der Waals surface area contributed by atoms with Crippen LogP contribution in [-0.4, -0.2) is 22.7 Å². The normalized spacial score (nSPS) is 19.6. The number of carbonyl (C=O) groups excluding carboxylic acids is 1. The fourth-order valence-electron chi connectivity index (χ4n) is 1.73. The van der Waals surface area contributed by atoms with Gasteiger partial charge in [-0.15, -0.1) is 0 Å². The van der Waals surface area contributed by atoms with Crippen LogP contribution in [-0.2, 0) is 9.63 Å². The number of fused-ring (bicyclic) bond motifs is 1. The maximum Gasteiger partial charge on any atom is 0.237 e. The van der Waals surface area contributed by atoms with Gasteiger partial charge in [-0.05, 0) is 39.8 Å². The van der Waals surface area contributed by atoms with Gasteiger partial charge < -0.3 is 10.2 Å². The van der Waals surface area contributed by atoms with Crippen LogP contribution in [0.5, 0.6) is 0 Å². The molecule has 5 heteroatoms. The second-order valence-electron chi connectivity index (χ2n) is 5.07. The summed E-state index contributed by atoms with van der Waals surface area (Å²) < 4.78 is 0. The van der Waals surface area contributed by atoms with Gasteiger partial charge in [0, 0.05) is 11.8 Å². The van der Waals surface area contributed by atoms with Crippen molar-refractivity contribution in [2.75, 3.05) is 5.32 Å². The molecule has 0 saturated heterocycles. The molecule has 1 aromatic rings. The van der Waals surface area contributed by atoms with Gasteiger partial charge in [0.2, 0.25) is 5.91 Å². The number of hydrogen-bond acceptors (Lipinski definition) is 4. The van der Waals surface area contributed by atoms with E-state index in [4.69, 9.17) is 4.84 Å². The van der Waals surface area contributed by atoms with Gasteiger partial charge >= 0.3 is 0 Å². The van der Waals surface area contributed by atoms with Crippen molar-refractivity contribution in [3.63, 3.8) is 0 Å². The molecule has 0 radical (unpaired) electrons. The van der Waals surface area contributed by atoms with E-state index < -0.39 is 5.41 Å². The highest BCUT2D eigenvalue weighted by atomic mass is 16.6. The summed E-state index contributed by atoms with van der Waals surface area (Å²) in [5.74, 6) is 0.410. The highest BCUT2D eigenvalue weighted by molar-refractivity contribution is 6.24. The van der Waals surface area contributed by atoms with Crippen molar-refractivity contribution in [1.82, 2.24) is 4.98 Å². The molecular formula is C13H17N3O2. The summed E-state index contributed by atoms with van der Waals surface area (Å²) in [6, 6.07) is 3.70. The zero-order valence-electron chi connectivity index (χ0n) is 11.0. The first kappa shape index (κ1) is 12.5. The minimum atomic E-state index is -0.731. The first-order valence-electron chi connectivity index (χ1n) is 5.94. The Morgan fingerprint density at radius 3 is 2.83 bits per heavy atom. The highest BCUT2D eigenvalue weighted by Gasteiger charge is 2.41. The molecule has 1 aliphatic rings. The molecule has 0 spiro atoms. The smallest absolute Gasteiger partial charge is 0.237 e. The summed E-state index contributed by atoms with van der Waals surface area (Å²) in [6.45, 7) is 7.43. The number of anilines is 1. The van der Waals surface area contributed by atoms with Gasteiger partial charge in [-0.2, -0.15) is 0 Å². The summed E-state index contributed by atoms with van der Waals surface area (Å²) in [4.78, 5) is 21.5. The van der Waals surface area contributed by atoms with E-state index >= 15 is 0 Å². The van der Waals surface area contributed by atoms with Crippen molar-refractivity contribution in [2.24, 2.45) is 10.6 Å². The molecule has 2 heterocycles. The Morgan fingerprint density at radius 2 is 2.17 bits per heavy atom. The maximum absolute atomic E-state index is 12.0. The van der Waals surface area contributed by atoms with Crippen LogP contribution >= 0.6 is 0 Å². The first-order chi connectivity index (χ1) is 8.43. The molecule has 0 saturated carbocycles. The van der Waals surface area contributed by atoms with Crippen LogP contribution in [0.15, 0.2) is 23.5 Å². The number of aromatic nitrogens is 1. The van der Waals surface area contributed by atoms with E-state index in [2.05, 4.69) is 15.5 Å². The quantitative estimate of drug-likeness (QED) is 0.815. The SMILES string of the molecule is CC(C)ON=C1c2cccnc2NC(=O)C1(C)C. The number of carbonyl (C=O) groups is 1. The minimum absolute atomic E-state index is 0.0293. The van der Waals surface area contributed by atoms with E-state index in [-0.39, 0.29) is 12.0 Å². The van der Waals surface area contributed by atoms with Crippen LogP contribution in [0, 0.1) is 5.41 Å². The molecule has 0 bridgehead atoms. The lowest BCUT2D eigenvalue weighted by molar-refractivity contribution is -0.121. The molecule has 1 N–H and O–H groups in total. The first-order valence-corrected chi connectivity index (χ1v) is 5.94. The Balaban J connectivity index is 2.52. The Kier molecular flexibility index (Phi) is 3.07. The summed E-state index contributed by atoms with van der Waals surface area (Å²) in [7, 11) is 0. The summed E-state index contributed by atoms with van der Waals surface area (Å²) in [5, 5.41) is 6.92. The number of pyridine rings is 1. The molecule has 96 valence electrons. The molecule has 0 atom stereocenters. The third-order valence-electron chi connectivity index (χ3n) is 2.81. The Morgan fingerprint density at radius 1 is 1.44 bits per heavy atom. The van der Waals surface area contributed by atoms with Gasteiger partial charge in [-0.3, -0.25) is 4.79 Å². The van der Waals surface area contributed by atoms with Crippen LogP contribution in [0.2, 0.25) is 0 Å². The standard InChI is InChI=1S/C13H17N3O2/c1-8(2)18-16-10-9-6-5-7-14-11(9)15-12(17)13(10,3)4/h5-8H,1-4H3,(H,14,15,17). The second-order valence-corrected chi connectivity index (χ2v) is 5.07. The van der Waals surface area contributed by atoms with Crippen LogP contribution in [0.4, 0.5) is 5.82 Å². The summed E-state index contributed by atoms with van der Waals surface area (Å²) >= 11 is 0. The zero-order valence-corrected chi connectivity index (χ0v) is 11.0. The van der Waals surface area contributed by atoms with Crippen molar-refractivity contribution in [3.8, 4) is 0 Å². The lowest BCUT2D eigenvalue weighted by atomic mass is 9.80. The summed E-state index contributed by atoms with van der Waals surface area (Å²) in [6.07, 6.45) is 1.61. The maximum atomic E-state index is 12.0. The number of oxime groups is 1. The van der Waals surface area contributed by atoms with E-state index in [9.17, 15) is 4.79 Å². The lowest BCUT2D eigenvalue weighted by Crippen LogP contribution is -2.43.